The Balaban J connectivity index is 2.52. The Morgan fingerprint density at radius 3 is 2.12 bits per heavy atom. The molecule has 1 aromatic carbocycles. The van der Waals surface area contributed by atoms with Crippen LogP contribution in [0.15, 0.2) is 34.2 Å². The molecular weight excluding hydrogens is 350 g/mol. The summed E-state index contributed by atoms with van der Waals surface area (Å²) in [6.45, 7) is 11.1. The summed E-state index contributed by atoms with van der Waals surface area (Å²) in [5, 5.41) is 6.56. The Labute approximate surface area is 158 Å². The van der Waals surface area contributed by atoms with Crippen molar-refractivity contribution in [2.24, 2.45) is 4.99 Å². The summed E-state index contributed by atoms with van der Waals surface area (Å²) in [5.41, 5.74) is 0.981. The van der Waals surface area contributed by atoms with Crippen molar-refractivity contribution in [1.29, 1.82) is 0 Å². The van der Waals surface area contributed by atoms with E-state index in [1.807, 2.05) is 0 Å². The van der Waals surface area contributed by atoms with E-state index in [-0.39, 0.29) is 4.90 Å². The third kappa shape index (κ3) is 6.93. The largest absolute Gasteiger partial charge is 0.355 e. The van der Waals surface area contributed by atoms with Crippen LogP contribution in [0.5, 0.6) is 0 Å². The second-order valence-corrected chi connectivity index (χ2v) is 8.52. The number of aliphatic imine (C=N–C) groups is 1. The molecule has 0 amide bonds. The highest BCUT2D eigenvalue weighted by molar-refractivity contribution is 7.89. The van der Waals surface area contributed by atoms with E-state index in [0.717, 1.165) is 24.6 Å². The molecule has 3 N–H and O–H groups in total. The molecule has 0 aromatic heterocycles. The van der Waals surface area contributed by atoms with Crippen molar-refractivity contribution in [3.05, 3.63) is 29.8 Å². The van der Waals surface area contributed by atoms with Crippen molar-refractivity contribution in [1.82, 2.24) is 20.3 Å². The van der Waals surface area contributed by atoms with Crippen LogP contribution in [0.4, 0.5) is 0 Å². The van der Waals surface area contributed by atoms with Crippen molar-refractivity contribution in [3.63, 3.8) is 0 Å². The number of rotatable bonds is 9. The van der Waals surface area contributed by atoms with Crippen molar-refractivity contribution < 1.29 is 8.42 Å². The first-order valence-corrected chi connectivity index (χ1v) is 10.4. The second-order valence-electron chi connectivity index (χ2n) is 6.63. The zero-order valence-electron chi connectivity index (χ0n) is 16.7. The lowest BCUT2D eigenvalue weighted by Crippen LogP contribution is -2.45. The average molecular weight is 384 g/mol. The maximum Gasteiger partial charge on any atom is 0.240 e. The van der Waals surface area contributed by atoms with Crippen molar-refractivity contribution >= 4 is 16.0 Å². The van der Waals surface area contributed by atoms with Gasteiger partial charge in [-0.25, -0.2) is 13.1 Å². The van der Waals surface area contributed by atoms with E-state index in [2.05, 4.69) is 52.9 Å². The van der Waals surface area contributed by atoms with Gasteiger partial charge in [0.05, 0.1) is 4.90 Å². The number of guanidine groups is 1. The van der Waals surface area contributed by atoms with Gasteiger partial charge in [0, 0.05) is 38.8 Å². The molecule has 0 aliphatic heterocycles. The Hall–Kier alpha value is -1.64. The van der Waals surface area contributed by atoms with Gasteiger partial charge in [0.15, 0.2) is 5.96 Å². The van der Waals surface area contributed by atoms with Crippen molar-refractivity contribution in [2.75, 3.05) is 27.2 Å². The summed E-state index contributed by atoms with van der Waals surface area (Å²) >= 11 is 0. The molecule has 148 valence electrons. The smallest absolute Gasteiger partial charge is 0.240 e. The Bertz CT molecular complexity index is 661. The average Bonchev–Trinajstić information content (AvgIpc) is 2.60. The van der Waals surface area contributed by atoms with Gasteiger partial charge in [-0.15, -0.1) is 0 Å². The molecule has 26 heavy (non-hydrogen) atoms. The molecule has 0 bridgehead atoms. The van der Waals surface area contributed by atoms with E-state index in [1.54, 1.807) is 31.3 Å². The zero-order valence-corrected chi connectivity index (χ0v) is 17.5. The number of nitrogens with zero attached hydrogens (tertiary/aromatic N) is 2. The molecule has 0 fully saturated rings. The highest BCUT2D eigenvalue weighted by atomic mass is 32.2. The fourth-order valence-electron chi connectivity index (χ4n) is 2.73. The molecule has 0 aliphatic carbocycles. The van der Waals surface area contributed by atoms with Crippen LogP contribution >= 0.6 is 0 Å². The van der Waals surface area contributed by atoms with Crippen LogP contribution in [0, 0.1) is 0 Å². The Morgan fingerprint density at radius 1 is 1.08 bits per heavy atom. The van der Waals surface area contributed by atoms with Gasteiger partial charge in [0.1, 0.15) is 0 Å². The van der Waals surface area contributed by atoms with Gasteiger partial charge in [-0.05, 0) is 52.4 Å². The monoisotopic (exact) mass is 383 g/mol. The van der Waals surface area contributed by atoms with Gasteiger partial charge in [0.2, 0.25) is 10.0 Å². The summed E-state index contributed by atoms with van der Waals surface area (Å²) in [5.74, 6) is 0.726. The van der Waals surface area contributed by atoms with Crippen LogP contribution in [0.25, 0.3) is 0 Å². The predicted molar refractivity (Wildman–Crippen MR) is 108 cm³/mol. The topological polar surface area (TPSA) is 85.8 Å². The number of hydrogen-bond donors (Lipinski definition) is 3. The SMILES string of the molecule is CN=C(NCCN(C(C)C)C(C)C)NCc1ccc(S(=O)(=O)NC)cc1. The van der Waals surface area contributed by atoms with Crippen LogP contribution in [0.2, 0.25) is 0 Å². The molecule has 0 spiro atoms. The van der Waals surface area contributed by atoms with E-state index < -0.39 is 10.0 Å². The molecule has 7 nitrogen and oxygen atoms in total. The van der Waals surface area contributed by atoms with Gasteiger partial charge in [-0.2, -0.15) is 0 Å². The third-order valence-corrected chi connectivity index (χ3v) is 5.61. The fourth-order valence-corrected chi connectivity index (χ4v) is 3.46. The molecule has 0 aliphatic rings. The molecule has 0 heterocycles. The highest BCUT2D eigenvalue weighted by Crippen LogP contribution is 2.10. The van der Waals surface area contributed by atoms with Crippen LogP contribution in [-0.4, -0.2) is 58.5 Å². The quantitative estimate of drug-likeness (QED) is 0.443. The fraction of sp³-hybridized carbons (Fsp3) is 0.611. The lowest BCUT2D eigenvalue weighted by molar-refractivity contribution is 0.178. The van der Waals surface area contributed by atoms with Gasteiger partial charge in [-0.3, -0.25) is 9.89 Å². The minimum absolute atomic E-state index is 0.258. The second kappa shape index (κ2) is 10.5. The van der Waals surface area contributed by atoms with Crippen LogP contribution < -0.4 is 15.4 Å². The van der Waals surface area contributed by atoms with Gasteiger partial charge in [-0.1, -0.05) is 12.1 Å². The van der Waals surface area contributed by atoms with E-state index in [9.17, 15) is 8.42 Å². The lowest BCUT2D eigenvalue weighted by Gasteiger charge is -2.30. The van der Waals surface area contributed by atoms with Crippen LogP contribution in [0.1, 0.15) is 33.3 Å². The third-order valence-electron chi connectivity index (χ3n) is 4.17. The van der Waals surface area contributed by atoms with Crippen LogP contribution in [-0.2, 0) is 16.6 Å². The number of hydrogen-bond acceptors (Lipinski definition) is 4. The van der Waals surface area contributed by atoms with Crippen molar-refractivity contribution in [2.45, 2.75) is 51.2 Å². The first kappa shape index (κ1) is 22.4. The summed E-state index contributed by atoms with van der Waals surface area (Å²) in [6, 6.07) is 7.79. The number of sulfonamides is 1. The molecule has 8 heteroatoms. The minimum atomic E-state index is -3.40. The standard InChI is InChI=1S/C18H33N5O2S/c1-14(2)23(15(3)4)12-11-21-18(19-5)22-13-16-7-9-17(10-8-16)26(24,25)20-6/h7-10,14-15,20H,11-13H2,1-6H3,(H2,19,21,22). The minimum Gasteiger partial charge on any atom is -0.355 e. The summed E-state index contributed by atoms with van der Waals surface area (Å²) in [6.07, 6.45) is 0. The van der Waals surface area contributed by atoms with E-state index in [4.69, 9.17) is 0 Å². The van der Waals surface area contributed by atoms with Crippen LogP contribution in [0.3, 0.4) is 0 Å². The Morgan fingerprint density at radius 2 is 1.65 bits per heavy atom. The predicted octanol–water partition coefficient (Wildman–Crippen LogP) is 1.38. The Kier molecular flexibility index (Phi) is 9.04. The summed E-state index contributed by atoms with van der Waals surface area (Å²) < 4.78 is 25.8. The maximum atomic E-state index is 11.7. The van der Waals surface area contributed by atoms with Gasteiger partial charge >= 0.3 is 0 Å². The first-order valence-electron chi connectivity index (χ1n) is 8.94. The van der Waals surface area contributed by atoms with E-state index in [1.165, 1.54) is 7.05 Å². The molecule has 0 saturated carbocycles. The van der Waals surface area contributed by atoms with E-state index >= 15 is 0 Å². The summed E-state index contributed by atoms with van der Waals surface area (Å²) in [7, 11) is -0.257. The molecule has 0 unspecified atom stereocenters. The van der Waals surface area contributed by atoms with E-state index in [0.29, 0.717) is 18.6 Å². The van der Waals surface area contributed by atoms with Gasteiger partial charge in [0.25, 0.3) is 0 Å². The summed E-state index contributed by atoms with van der Waals surface area (Å²) in [4.78, 5) is 6.91. The molecule has 0 saturated heterocycles. The van der Waals surface area contributed by atoms with Crippen molar-refractivity contribution in [3.8, 4) is 0 Å². The molecule has 1 aromatic rings. The van der Waals surface area contributed by atoms with Gasteiger partial charge < -0.3 is 10.6 Å². The zero-order chi connectivity index (χ0) is 19.7. The molecule has 1 rings (SSSR count). The normalized spacial score (nSPS) is 12.9. The first-order chi connectivity index (χ1) is 12.2. The lowest BCUT2D eigenvalue weighted by atomic mass is 10.2. The maximum absolute atomic E-state index is 11.7. The number of nitrogens with one attached hydrogen (secondary N) is 3. The molecule has 0 radical (unpaired) electrons. The highest BCUT2D eigenvalue weighted by Gasteiger charge is 2.13. The number of benzene rings is 1. The molecule has 0 atom stereocenters. The molecular formula is C18H33N5O2S.